The highest BCUT2D eigenvalue weighted by atomic mass is 32.5. The summed E-state index contributed by atoms with van der Waals surface area (Å²) in [5, 5.41) is 25.8. The Morgan fingerprint density at radius 3 is 0.860 bits per heavy atom. The molecule has 54 nitrogen and oxygen atoms in total. The van der Waals surface area contributed by atoms with Crippen molar-refractivity contribution in [3.8, 4) is 0 Å². The molecule has 9 aliphatic rings. The number of pyridine rings is 3. The van der Waals surface area contributed by atoms with Crippen molar-refractivity contribution in [2.45, 2.75) is 149 Å². The van der Waals surface area contributed by atoms with Gasteiger partial charge in [-0.05, 0) is 107 Å². The zero-order valence-corrected chi connectivity index (χ0v) is 76.0. The summed E-state index contributed by atoms with van der Waals surface area (Å²) in [5.41, 5.74) is 36.9. The maximum atomic E-state index is 12.3. The molecule has 21 N–H and O–H groups in total. The number of nitrogens with one attached hydrogen (secondary N) is 3. The van der Waals surface area contributed by atoms with Gasteiger partial charge < -0.3 is 160 Å². The van der Waals surface area contributed by atoms with E-state index >= 15 is 0 Å². The number of nitrogens with zero attached hydrogens (tertiary/aromatic N) is 18. The van der Waals surface area contributed by atoms with Gasteiger partial charge in [-0.25, -0.2) is 15.0 Å². The molecule has 9 saturated heterocycles. The van der Waals surface area contributed by atoms with Gasteiger partial charge in [-0.1, -0.05) is 15.6 Å². The van der Waals surface area contributed by atoms with Gasteiger partial charge in [0.15, 0.2) is 52.2 Å². The van der Waals surface area contributed by atoms with Crippen molar-refractivity contribution in [2.24, 2.45) is 0 Å². The smallest absolute Gasteiger partial charge is 0.325 e. The van der Waals surface area contributed by atoms with E-state index in [4.69, 9.17) is 188 Å². The third-order valence-electron chi connectivity index (χ3n) is 21.7. The number of hydrogen-bond acceptors (Lipinski definition) is 45. The standard InChI is InChI=1S/3C21H25N9O9P2S2/c3*22-11-1-3-24-17-10(11)2-4-29(17)15-6-12-14(37-15)8-35-41(33,43)39-13-5-9(7-34-40(32,42)38-12)36-20(13)30-18-16(27-28-30)19(31)26-21(23)25-18/h3*1-4,9,12-15,20H,5-8H2,(H2,22,24)(H,32,42)(H,33,43)(H3,23,25,26,31)/t3*9-,12-,13+,14+,15+,20+,40?,41?/m000/s1. The van der Waals surface area contributed by atoms with Crippen LogP contribution in [0.15, 0.2) is 88.0 Å². The molecule has 0 saturated carbocycles. The largest absolute Gasteiger partial charge is 0.398 e. The van der Waals surface area contributed by atoms with Crippen LogP contribution >= 0.6 is 40.3 Å². The van der Waals surface area contributed by atoms with E-state index in [1.165, 1.54) is 14.0 Å². The number of aromatic amines is 3. The normalized spacial score (nSPS) is 35.4. The average Bonchev–Trinajstić information content (AvgIpc) is 1.60. The van der Waals surface area contributed by atoms with Crippen LogP contribution in [0, 0.1) is 0 Å². The van der Waals surface area contributed by atoms with E-state index < -0.39 is 168 Å². The lowest BCUT2D eigenvalue weighted by molar-refractivity contribution is -0.0635. The first kappa shape index (κ1) is 90.8. The predicted molar refractivity (Wildman–Crippen MR) is 469 cm³/mol. The third kappa shape index (κ3) is 19.0. The Hall–Kier alpha value is -7.35. The first-order chi connectivity index (χ1) is 61.4. The second-order valence-electron chi connectivity index (χ2n) is 30.3. The zero-order valence-electron chi connectivity index (χ0n) is 65.7. The second kappa shape index (κ2) is 35.5. The van der Waals surface area contributed by atoms with Gasteiger partial charge in [0.05, 0.1) is 76.3 Å². The van der Waals surface area contributed by atoms with E-state index in [1.54, 1.807) is 69.1 Å². The summed E-state index contributed by atoms with van der Waals surface area (Å²) in [6.45, 7) is -24.7. The Bertz CT molecular complexity index is 6240. The average molecular weight is 2020 g/mol. The van der Waals surface area contributed by atoms with Gasteiger partial charge >= 0.3 is 40.3 Å². The summed E-state index contributed by atoms with van der Waals surface area (Å²) in [6, 6.07) is 10.5. The molecule has 0 radical (unpaired) electrons. The lowest BCUT2D eigenvalue weighted by atomic mass is 10.2. The fourth-order valence-electron chi connectivity index (χ4n) is 16.1. The highest BCUT2D eigenvalue weighted by Gasteiger charge is 2.52. The van der Waals surface area contributed by atoms with Crippen molar-refractivity contribution in [3.05, 3.63) is 105 Å². The van der Waals surface area contributed by atoms with Gasteiger partial charge in [-0.2, -0.15) is 29.0 Å². The van der Waals surface area contributed by atoms with E-state index in [1.807, 2.05) is 18.2 Å². The van der Waals surface area contributed by atoms with Crippen LogP contribution in [0.2, 0.25) is 0 Å². The molecule has 0 aliphatic carbocycles. The molecule has 0 spiro atoms. The van der Waals surface area contributed by atoms with Crippen molar-refractivity contribution in [3.63, 3.8) is 0 Å². The van der Waals surface area contributed by atoms with Crippen LogP contribution in [0.25, 0.3) is 66.6 Å². The molecule has 21 rings (SSSR count). The summed E-state index contributed by atoms with van der Waals surface area (Å²) in [4.78, 5) is 136. The molecule has 6 bridgehead atoms. The molecule has 690 valence electrons. The lowest BCUT2D eigenvalue weighted by Crippen LogP contribution is -2.29. The van der Waals surface area contributed by atoms with E-state index in [9.17, 15) is 43.7 Å². The minimum Gasteiger partial charge on any atom is -0.398 e. The Morgan fingerprint density at radius 2 is 0.589 bits per heavy atom. The Morgan fingerprint density at radius 1 is 0.333 bits per heavy atom. The maximum absolute atomic E-state index is 12.3. The molecular formula is C63H75N27O27P6S6. The summed E-state index contributed by atoms with van der Waals surface area (Å²) in [5.74, 6) is -0.489. The topological polar surface area (TPSA) is 726 Å². The quantitative estimate of drug-likeness (QED) is 0.105. The van der Waals surface area contributed by atoms with Gasteiger partial charge in [0, 0.05) is 109 Å². The van der Waals surface area contributed by atoms with Gasteiger partial charge in [0.2, 0.25) is 17.8 Å². The number of rotatable bonds is 6. The molecule has 66 heteroatoms. The Kier molecular flexibility index (Phi) is 25.0. The molecule has 129 heavy (non-hydrogen) atoms. The van der Waals surface area contributed by atoms with E-state index in [-0.39, 0.29) is 130 Å². The molecule has 0 amide bonds. The van der Waals surface area contributed by atoms with E-state index in [2.05, 4.69) is 75.8 Å². The summed E-state index contributed by atoms with van der Waals surface area (Å²) in [6.07, 6.45) is -3.77. The number of H-pyrrole nitrogens is 3. The van der Waals surface area contributed by atoms with Crippen molar-refractivity contribution in [1.82, 2.24) is 104 Å². The zero-order chi connectivity index (χ0) is 90.3. The molecular weight excluding hydrogens is 1950 g/mol. The molecule has 12 aromatic heterocycles. The fourth-order valence-corrected chi connectivity index (χ4v) is 24.9. The van der Waals surface area contributed by atoms with Gasteiger partial charge in [0.1, 0.15) is 72.2 Å². The van der Waals surface area contributed by atoms with Crippen LogP contribution in [0.5, 0.6) is 0 Å². The van der Waals surface area contributed by atoms with Crippen LogP contribution < -0.4 is 51.1 Å². The highest BCUT2D eigenvalue weighted by molar-refractivity contribution is 8.08. The molecule has 9 aliphatic heterocycles. The summed E-state index contributed by atoms with van der Waals surface area (Å²) < 4.78 is 115. The molecule has 24 atom stereocenters. The van der Waals surface area contributed by atoms with Crippen molar-refractivity contribution < 1.29 is 112 Å². The summed E-state index contributed by atoms with van der Waals surface area (Å²) >= 11 is 32.0. The fraction of sp³-hybridized carbons (Fsp3) is 0.476. The van der Waals surface area contributed by atoms with Gasteiger partial charge in [-0.3, -0.25) is 29.3 Å². The number of anilines is 6. The number of aromatic nitrogens is 21. The van der Waals surface area contributed by atoms with Crippen LogP contribution in [-0.2, 0) is 154 Å². The van der Waals surface area contributed by atoms with Crippen molar-refractivity contribution >= 4 is 213 Å². The monoisotopic (exact) mass is 2020 g/mol. The first-order valence-electron chi connectivity index (χ1n) is 38.7. The highest BCUT2D eigenvalue weighted by Crippen LogP contribution is 2.59. The van der Waals surface area contributed by atoms with Gasteiger partial charge in [0.25, 0.3) is 16.7 Å². The molecule has 6 unspecified atom stereocenters. The number of nitrogens with two attached hydrogens (primary N) is 6. The maximum Gasteiger partial charge on any atom is 0.325 e. The lowest BCUT2D eigenvalue weighted by Gasteiger charge is -2.27. The molecule has 12 aromatic rings. The van der Waals surface area contributed by atoms with Crippen LogP contribution in [0.1, 0.15) is 75.9 Å². The van der Waals surface area contributed by atoms with Crippen LogP contribution in [-0.4, -0.2) is 246 Å². The van der Waals surface area contributed by atoms with Crippen molar-refractivity contribution in [2.75, 3.05) is 74.0 Å². The number of ether oxygens (including phenoxy) is 6. The SMILES string of the molecule is Nc1nc2c(nnn2[C@@H]2O[C@@H]3COP(O)(=S)O[C@H]4C[C@H](n5ccc6c(N)ccnc65)O[C@@H]4COP(O)(=S)O[C@@H]2C3)c(=O)[nH]1.Nc1nc2c(nnn2[C@@H]2O[C@@H]3COP(O)(=S)O[C@H]4C[C@H](n5ccc6c(N)ccnc65)O[C@@H]4COP(O)(=S)O[C@@H]2C3)c(=O)[nH]1.Nc1nc2c(nnn2[C@@H]2O[C@@H]3COP(O)(=S)O[C@H]4C[C@H](n5ccc6c(N)ccnc65)O[C@@H]4COP(O)(=S)O[C@@H]2C3)c(=O)[nH]1. The molecule has 9 fully saturated rings. The molecule has 0 aromatic carbocycles. The Labute approximate surface area is 751 Å². The number of hydrogen-bond donors (Lipinski definition) is 15. The van der Waals surface area contributed by atoms with Crippen LogP contribution in [0.3, 0.4) is 0 Å². The van der Waals surface area contributed by atoms with Crippen LogP contribution in [0.4, 0.5) is 34.9 Å². The van der Waals surface area contributed by atoms with E-state index in [0.717, 1.165) is 16.2 Å². The van der Waals surface area contributed by atoms with Crippen molar-refractivity contribution in [1.29, 1.82) is 0 Å². The van der Waals surface area contributed by atoms with E-state index in [0.29, 0.717) is 34.0 Å². The number of nitrogen functional groups attached to an aromatic ring is 6. The minimum atomic E-state index is -3.94. The minimum absolute atomic E-state index is 0.0207. The number of fused-ring (bicyclic) bond motifs is 15. The predicted octanol–water partition coefficient (Wildman–Crippen LogP) is 1.66. The second-order valence-corrected chi connectivity index (χ2v) is 47.0. The Balaban J connectivity index is 0.000000126. The molecule has 21 heterocycles. The first-order valence-corrected chi connectivity index (χ1v) is 54.3. The third-order valence-corrected chi connectivity index (χ3v) is 31.2. The summed E-state index contributed by atoms with van der Waals surface area (Å²) in [7, 11) is 0. The van der Waals surface area contributed by atoms with Gasteiger partial charge in [-0.15, -0.1) is 15.3 Å².